The van der Waals surface area contributed by atoms with Crippen molar-refractivity contribution in [3.05, 3.63) is 81.9 Å². The van der Waals surface area contributed by atoms with Crippen LogP contribution >= 0.6 is 23.1 Å². The Kier molecular flexibility index (Phi) is 5.77. The molecule has 5 rings (SSSR count). The number of thioether (sulfide) groups is 1. The highest BCUT2D eigenvalue weighted by Gasteiger charge is 2.25. The number of aryl methyl sites for hydroxylation is 1. The van der Waals surface area contributed by atoms with E-state index in [1.165, 1.54) is 42.0 Å². The van der Waals surface area contributed by atoms with Gasteiger partial charge in [0.25, 0.3) is 5.01 Å². The van der Waals surface area contributed by atoms with Gasteiger partial charge in [-0.3, -0.25) is 0 Å². The molecule has 0 fully saturated rings. The van der Waals surface area contributed by atoms with Crippen molar-refractivity contribution in [1.29, 1.82) is 0 Å². The summed E-state index contributed by atoms with van der Waals surface area (Å²) in [6, 6.07) is 17.5. The molecule has 158 valence electrons. The van der Waals surface area contributed by atoms with Crippen LogP contribution in [0.1, 0.15) is 38.6 Å². The molecule has 0 N–H and O–H groups in total. The van der Waals surface area contributed by atoms with E-state index in [9.17, 15) is 0 Å². The fourth-order valence-electron chi connectivity index (χ4n) is 4.72. The molecule has 2 heterocycles. The maximum absolute atomic E-state index is 2.44. The molecule has 1 unspecified atom stereocenters. The Labute approximate surface area is 193 Å². The first-order chi connectivity index (χ1) is 15.2. The van der Waals surface area contributed by atoms with E-state index in [2.05, 4.69) is 97.0 Å². The molecule has 31 heavy (non-hydrogen) atoms. The summed E-state index contributed by atoms with van der Waals surface area (Å²) in [7, 11) is 0. The lowest BCUT2D eigenvalue weighted by atomic mass is 9.87. The molecule has 0 amide bonds. The van der Waals surface area contributed by atoms with Gasteiger partial charge in [0.1, 0.15) is 11.2 Å². The normalized spacial score (nSPS) is 21.2. The minimum absolute atomic E-state index is 0.663. The number of thiazole rings is 1. The van der Waals surface area contributed by atoms with E-state index >= 15 is 0 Å². The molecule has 4 heteroatoms. The summed E-state index contributed by atoms with van der Waals surface area (Å²) in [5, 5.41) is 2.71. The van der Waals surface area contributed by atoms with Crippen molar-refractivity contribution in [1.82, 2.24) is 0 Å². The van der Waals surface area contributed by atoms with E-state index in [4.69, 9.17) is 0 Å². The minimum Gasteiger partial charge on any atom is -0.335 e. The van der Waals surface area contributed by atoms with Crippen molar-refractivity contribution in [2.45, 2.75) is 45.1 Å². The number of rotatable bonds is 4. The summed E-state index contributed by atoms with van der Waals surface area (Å²) >= 11 is 3.81. The standard InChI is InChI=1S/C27H29N2S2/c1-4-28-22-10-6-8-12-24(22)30-26(28)17-20-14-19(3)15-21(16-20)18-27-29(5-2)23-11-7-9-13-25(23)31-27/h6-13,16-19H,4-5,14-15H2,1-3H3/q+1. The third-order valence-corrected chi connectivity index (χ3v) is 8.29. The van der Waals surface area contributed by atoms with Crippen LogP contribution in [0.3, 0.4) is 0 Å². The molecule has 1 atom stereocenters. The molecule has 3 aromatic rings. The first-order valence-electron chi connectivity index (χ1n) is 11.2. The summed E-state index contributed by atoms with van der Waals surface area (Å²) in [6.07, 6.45) is 9.59. The van der Waals surface area contributed by atoms with Gasteiger partial charge in [0.2, 0.25) is 5.52 Å². The van der Waals surface area contributed by atoms with Crippen molar-refractivity contribution in [2.75, 3.05) is 11.4 Å². The maximum Gasteiger partial charge on any atom is 0.263 e. The summed E-state index contributed by atoms with van der Waals surface area (Å²) in [5.74, 6) is 0.663. The van der Waals surface area contributed by atoms with Gasteiger partial charge in [0.05, 0.1) is 10.7 Å². The molecule has 1 aromatic heterocycles. The van der Waals surface area contributed by atoms with E-state index in [-0.39, 0.29) is 0 Å². The fourth-order valence-corrected chi connectivity index (χ4v) is 7.13. The number of benzene rings is 2. The van der Waals surface area contributed by atoms with Gasteiger partial charge >= 0.3 is 0 Å². The Morgan fingerprint density at radius 3 is 2.68 bits per heavy atom. The molecule has 0 bridgehead atoms. The SMILES string of the molecule is CCN1/C(=C/C2=CC(=C/c3sc4ccccc4[n+]3CC)/CC(C)C2)Sc2ccccc21. The predicted octanol–water partition coefficient (Wildman–Crippen LogP) is 7.42. The highest BCUT2D eigenvalue weighted by Crippen LogP contribution is 2.46. The summed E-state index contributed by atoms with van der Waals surface area (Å²) in [5.41, 5.74) is 5.58. The van der Waals surface area contributed by atoms with Crippen LogP contribution in [0.5, 0.6) is 0 Å². The average Bonchev–Trinajstić information content (AvgIpc) is 3.29. The molecule has 0 saturated carbocycles. The summed E-state index contributed by atoms with van der Waals surface area (Å²) in [6.45, 7) is 8.86. The summed E-state index contributed by atoms with van der Waals surface area (Å²) < 4.78 is 3.81. The van der Waals surface area contributed by atoms with Crippen LogP contribution in [0.15, 0.2) is 81.8 Å². The van der Waals surface area contributed by atoms with E-state index in [0.29, 0.717) is 5.92 Å². The van der Waals surface area contributed by atoms with Crippen LogP contribution in [0.2, 0.25) is 0 Å². The van der Waals surface area contributed by atoms with Gasteiger partial charge < -0.3 is 4.90 Å². The Balaban J connectivity index is 1.51. The lowest BCUT2D eigenvalue weighted by Gasteiger charge is -2.22. The van der Waals surface area contributed by atoms with Gasteiger partial charge in [-0.25, -0.2) is 0 Å². The molecule has 0 radical (unpaired) electrons. The van der Waals surface area contributed by atoms with Gasteiger partial charge in [-0.2, -0.15) is 4.57 Å². The van der Waals surface area contributed by atoms with Gasteiger partial charge in [0.15, 0.2) is 0 Å². The zero-order chi connectivity index (χ0) is 21.4. The van der Waals surface area contributed by atoms with E-state index in [0.717, 1.165) is 25.9 Å². The first-order valence-corrected chi connectivity index (χ1v) is 12.9. The van der Waals surface area contributed by atoms with Crippen LogP contribution in [0.4, 0.5) is 5.69 Å². The number of nitrogens with zero attached hydrogens (tertiary/aromatic N) is 2. The lowest BCUT2D eigenvalue weighted by Crippen LogP contribution is -2.33. The first kappa shape index (κ1) is 20.6. The molecule has 0 spiro atoms. The maximum atomic E-state index is 2.44. The van der Waals surface area contributed by atoms with Gasteiger partial charge in [-0.1, -0.05) is 60.4 Å². The number of anilines is 1. The monoisotopic (exact) mass is 445 g/mol. The second kappa shape index (κ2) is 8.68. The topological polar surface area (TPSA) is 7.12 Å². The minimum atomic E-state index is 0.663. The largest absolute Gasteiger partial charge is 0.335 e. The van der Waals surface area contributed by atoms with Crippen LogP contribution < -0.4 is 9.47 Å². The van der Waals surface area contributed by atoms with Crippen molar-refractivity contribution >= 4 is 45.1 Å². The average molecular weight is 446 g/mol. The highest BCUT2D eigenvalue weighted by molar-refractivity contribution is 8.03. The van der Waals surface area contributed by atoms with Gasteiger partial charge in [0, 0.05) is 23.6 Å². The number of fused-ring (bicyclic) bond motifs is 2. The third kappa shape index (κ3) is 3.99. The molecule has 1 aliphatic heterocycles. The van der Waals surface area contributed by atoms with Crippen LogP contribution in [-0.4, -0.2) is 6.54 Å². The zero-order valence-corrected chi connectivity index (χ0v) is 20.1. The highest BCUT2D eigenvalue weighted by atomic mass is 32.2. The van der Waals surface area contributed by atoms with Crippen LogP contribution in [0.25, 0.3) is 16.3 Å². The number of hydrogen-bond acceptors (Lipinski definition) is 3. The van der Waals surface area contributed by atoms with E-state index in [1.54, 1.807) is 0 Å². The molecular formula is C27H29N2S2+. The predicted molar refractivity (Wildman–Crippen MR) is 136 cm³/mol. The number of para-hydroxylation sites is 2. The van der Waals surface area contributed by atoms with Crippen molar-refractivity contribution in [3.63, 3.8) is 0 Å². The second-order valence-electron chi connectivity index (χ2n) is 8.40. The Hall–Kier alpha value is -2.30. The Morgan fingerprint density at radius 1 is 1.03 bits per heavy atom. The molecule has 2 nitrogen and oxygen atoms in total. The Morgan fingerprint density at radius 2 is 1.84 bits per heavy atom. The van der Waals surface area contributed by atoms with Crippen LogP contribution in [0, 0.1) is 5.92 Å². The van der Waals surface area contributed by atoms with Crippen molar-refractivity contribution in [2.24, 2.45) is 5.92 Å². The van der Waals surface area contributed by atoms with E-state index in [1.807, 2.05) is 23.1 Å². The Bertz CT molecular complexity index is 1210. The summed E-state index contributed by atoms with van der Waals surface area (Å²) in [4.78, 5) is 3.81. The molecule has 0 saturated heterocycles. The smallest absolute Gasteiger partial charge is 0.263 e. The van der Waals surface area contributed by atoms with Crippen molar-refractivity contribution < 1.29 is 4.57 Å². The number of hydrogen-bond donors (Lipinski definition) is 0. The third-order valence-electron chi connectivity index (χ3n) is 6.06. The van der Waals surface area contributed by atoms with Crippen LogP contribution in [-0.2, 0) is 6.54 Å². The van der Waals surface area contributed by atoms with Crippen molar-refractivity contribution in [3.8, 4) is 0 Å². The van der Waals surface area contributed by atoms with E-state index < -0.39 is 0 Å². The quantitative estimate of drug-likeness (QED) is 0.386. The lowest BCUT2D eigenvalue weighted by molar-refractivity contribution is -0.665. The van der Waals surface area contributed by atoms with Gasteiger partial charge in [-0.15, -0.1) is 0 Å². The number of aromatic nitrogens is 1. The van der Waals surface area contributed by atoms with Gasteiger partial charge in [-0.05, 0) is 68.0 Å². The fraction of sp³-hybridized carbons (Fsp3) is 0.296. The molecule has 1 aliphatic carbocycles. The molecular weight excluding hydrogens is 416 g/mol. The molecule has 2 aliphatic rings. The zero-order valence-electron chi connectivity index (χ0n) is 18.5. The second-order valence-corrected chi connectivity index (χ2v) is 10.5. The molecule has 2 aromatic carbocycles. The number of allylic oxidation sites excluding steroid dienone is 4.